The molecule has 1 nitrogen and oxygen atoms in total. The van der Waals surface area contributed by atoms with Gasteiger partial charge in [-0.15, -0.1) is 11.3 Å². The zero-order valence-electron chi connectivity index (χ0n) is 7.00. The van der Waals surface area contributed by atoms with Crippen LogP contribution in [0.15, 0.2) is 5.38 Å². The van der Waals surface area contributed by atoms with Crippen LogP contribution in [0.2, 0.25) is 0 Å². The standard InChI is InChI=1S/C9H13NS/c1-6(2)9-10-8(5-11-9)7-3-4-7/h5-7H,3-4H2,1-2H3. The molecule has 0 atom stereocenters. The van der Waals surface area contributed by atoms with Crippen molar-refractivity contribution < 1.29 is 0 Å². The maximum atomic E-state index is 4.59. The van der Waals surface area contributed by atoms with Gasteiger partial charge in [-0.3, -0.25) is 0 Å². The summed E-state index contributed by atoms with van der Waals surface area (Å²) in [5.41, 5.74) is 1.35. The molecule has 0 N–H and O–H groups in total. The maximum absolute atomic E-state index is 4.59. The Balaban J connectivity index is 2.18. The molecule has 1 aromatic rings. The second kappa shape index (κ2) is 2.59. The Labute approximate surface area is 71.5 Å². The molecule has 0 radical (unpaired) electrons. The summed E-state index contributed by atoms with van der Waals surface area (Å²) in [4.78, 5) is 4.59. The summed E-state index contributed by atoms with van der Waals surface area (Å²) in [6.07, 6.45) is 2.72. The van der Waals surface area contributed by atoms with Gasteiger partial charge in [-0.05, 0) is 12.8 Å². The molecular formula is C9H13NS. The van der Waals surface area contributed by atoms with Crippen molar-refractivity contribution in [2.24, 2.45) is 0 Å². The molecule has 1 heterocycles. The Hall–Kier alpha value is -0.370. The van der Waals surface area contributed by atoms with Crippen LogP contribution in [0.1, 0.15) is 49.2 Å². The Morgan fingerprint density at radius 3 is 2.73 bits per heavy atom. The van der Waals surface area contributed by atoms with Gasteiger partial charge in [-0.2, -0.15) is 0 Å². The molecule has 2 rings (SSSR count). The average Bonchev–Trinajstić information content (AvgIpc) is 2.68. The number of hydrogen-bond acceptors (Lipinski definition) is 2. The van der Waals surface area contributed by atoms with E-state index in [9.17, 15) is 0 Å². The minimum atomic E-state index is 0.604. The monoisotopic (exact) mass is 167 g/mol. The van der Waals surface area contributed by atoms with Crippen LogP contribution in [0.3, 0.4) is 0 Å². The van der Waals surface area contributed by atoms with Gasteiger partial charge in [0.15, 0.2) is 0 Å². The average molecular weight is 167 g/mol. The van der Waals surface area contributed by atoms with Crippen molar-refractivity contribution in [3.05, 3.63) is 16.1 Å². The molecule has 0 bridgehead atoms. The van der Waals surface area contributed by atoms with E-state index >= 15 is 0 Å². The van der Waals surface area contributed by atoms with Crippen LogP contribution < -0.4 is 0 Å². The number of nitrogens with zero attached hydrogens (tertiary/aromatic N) is 1. The second-order valence-electron chi connectivity index (χ2n) is 3.54. The molecule has 1 saturated carbocycles. The van der Waals surface area contributed by atoms with Crippen molar-refractivity contribution in [1.82, 2.24) is 4.98 Å². The van der Waals surface area contributed by atoms with Gasteiger partial charge in [0.2, 0.25) is 0 Å². The number of rotatable bonds is 2. The molecule has 0 spiro atoms. The lowest BCUT2D eigenvalue weighted by Gasteiger charge is -1.95. The van der Waals surface area contributed by atoms with E-state index in [0.717, 1.165) is 5.92 Å². The highest BCUT2D eigenvalue weighted by molar-refractivity contribution is 7.09. The Bertz CT molecular complexity index is 231. The lowest BCUT2D eigenvalue weighted by Crippen LogP contribution is -1.86. The normalized spacial score (nSPS) is 17.7. The molecular weight excluding hydrogens is 154 g/mol. The van der Waals surface area contributed by atoms with Crippen LogP contribution in [0.4, 0.5) is 0 Å². The predicted molar refractivity (Wildman–Crippen MR) is 48.2 cm³/mol. The van der Waals surface area contributed by atoms with Gasteiger partial charge in [0, 0.05) is 17.2 Å². The molecule has 11 heavy (non-hydrogen) atoms. The first-order valence-corrected chi connectivity index (χ1v) is 5.10. The van der Waals surface area contributed by atoms with Gasteiger partial charge < -0.3 is 0 Å². The van der Waals surface area contributed by atoms with E-state index in [1.807, 2.05) is 11.3 Å². The van der Waals surface area contributed by atoms with Crippen molar-refractivity contribution in [3.63, 3.8) is 0 Å². The second-order valence-corrected chi connectivity index (χ2v) is 4.43. The van der Waals surface area contributed by atoms with Crippen molar-refractivity contribution in [3.8, 4) is 0 Å². The molecule has 60 valence electrons. The summed E-state index contributed by atoms with van der Waals surface area (Å²) >= 11 is 1.81. The fourth-order valence-electron chi connectivity index (χ4n) is 1.13. The Kier molecular flexibility index (Phi) is 1.72. The van der Waals surface area contributed by atoms with E-state index < -0.39 is 0 Å². The van der Waals surface area contributed by atoms with Crippen LogP contribution in [0.25, 0.3) is 0 Å². The quantitative estimate of drug-likeness (QED) is 0.659. The Morgan fingerprint density at radius 2 is 2.27 bits per heavy atom. The number of hydrogen-bond donors (Lipinski definition) is 0. The third-order valence-electron chi connectivity index (χ3n) is 2.03. The molecule has 2 heteroatoms. The largest absolute Gasteiger partial charge is 0.246 e. The van der Waals surface area contributed by atoms with Crippen LogP contribution in [-0.2, 0) is 0 Å². The molecule has 0 saturated heterocycles. The topological polar surface area (TPSA) is 12.9 Å². The first-order chi connectivity index (χ1) is 5.27. The van der Waals surface area contributed by atoms with Crippen molar-refractivity contribution in [1.29, 1.82) is 0 Å². The molecule has 0 aromatic carbocycles. The van der Waals surface area contributed by atoms with Gasteiger partial charge in [-0.25, -0.2) is 4.98 Å². The highest BCUT2D eigenvalue weighted by Crippen LogP contribution is 2.40. The van der Waals surface area contributed by atoms with E-state index in [0.29, 0.717) is 5.92 Å². The summed E-state index contributed by atoms with van der Waals surface area (Å²) in [5, 5.41) is 3.53. The maximum Gasteiger partial charge on any atom is 0.0953 e. The zero-order chi connectivity index (χ0) is 7.84. The van der Waals surface area contributed by atoms with Gasteiger partial charge in [0.05, 0.1) is 10.7 Å². The molecule has 1 aliphatic carbocycles. The summed E-state index contributed by atoms with van der Waals surface area (Å²) in [5.74, 6) is 1.42. The number of thiazole rings is 1. The van der Waals surface area contributed by atoms with Crippen molar-refractivity contribution >= 4 is 11.3 Å². The first-order valence-electron chi connectivity index (χ1n) is 4.22. The van der Waals surface area contributed by atoms with Crippen molar-refractivity contribution in [2.45, 2.75) is 38.5 Å². The fourth-order valence-corrected chi connectivity index (χ4v) is 2.05. The van der Waals surface area contributed by atoms with E-state index in [1.165, 1.54) is 23.5 Å². The van der Waals surface area contributed by atoms with E-state index in [-0.39, 0.29) is 0 Å². The zero-order valence-corrected chi connectivity index (χ0v) is 7.82. The third kappa shape index (κ3) is 1.45. The summed E-state index contributed by atoms with van der Waals surface area (Å²) in [7, 11) is 0. The molecule has 0 unspecified atom stereocenters. The summed E-state index contributed by atoms with van der Waals surface area (Å²) < 4.78 is 0. The fraction of sp³-hybridized carbons (Fsp3) is 0.667. The van der Waals surface area contributed by atoms with Crippen LogP contribution in [0.5, 0.6) is 0 Å². The highest BCUT2D eigenvalue weighted by atomic mass is 32.1. The van der Waals surface area contributed by atoms with Gasteiger partial charge >= 0.3 is 0 Å². The molecule has 1 aromatic heterocycles. The van der Waals surface area contributed by atoms with Crippen LogP contribution >= 0.6 is 11.3 Å². The van der Waals surface area contributed by atoms with Crippen LogP contribution in [-0.4, -0.2) is 4.98 Å². The van der Waals surface area contributed by atoms with Gasteiger partial charge in [-0.1, -0.05) is 13.8 Å². The van der Waals surface area contributed by atoms with Crippen LogP contribution in [0, 0.1) is 0 Å². The van der Waals surface area contributed by atoms with E-state index in [1.54, 1.807) is 0 Å². The SMILES string of the molecule is CC(C)c1nc(C2CC2)cs1. The molecule has 1 aliphatic rings. The summed E-state index contributed by atoms with van der Waals surface area (Å²) in [6, 6.07) is 0. The minimum absolute atomic E-state index is 0.604. The predicted octanol–water partition coefficient (Wildman–Crippen LogP) is 3.14. The van der Waals surface area contributed by atoms with E-state index in [2.05, 4.69) is 24.2 Å². The highest BCUT2D eigenvalue weighted by Gasteiger charge is 2.26. The molecule has 0 aliphatic heterocycles. The minimum Gasteiger partial charge on any atom is -0.246 e. The Morgan fingerprint density at radius 1 is 1.55 bits per heavy atom. The third-order valence-corrected chi connectivity index (χ3v) is 3.19. The van der Waals surface area contributed by atoms with Gasteiger partial charge in [0.1, 0.15) is 0 Å². The molecule has 1 fully saturated rings. The molecule has 0 amide bonds. The van der Waals surface area contributed by atoms with Gasteiger partial charge in [0.25, 0.3) is 0 Å². The lowest BCUT2D eigenvalue weighted by atomic mass is 10.2. The smallest absolute Gasteiger partial charge is 0.0953 e. The van der Waals surface area contributed by atoms with E-state index in [4.69, 9.17) is 0 Å². The number of aromatic nitrogens is 1. The lowest BCUT2D eigenvalue weighted by molar-refractivity contribution is 0.838. The first kappa shape index (κ1) is 7.29. The summed E-state index contributed by atoms with van der Waals surface area (Å²) in [6.45, 7) is 4.41. The van der Waals surface area contributed by atoms with Crippen molar-refractivity contribution in [2.75, 3.05) is 0 Å².